The van der Waals surface area contributed by atoms with Gasteiger partial charge in [0.2, 0.25) is 0 Å². The topological polar surface area (TPSA) is 49.3 Å². The number of anilines is 1. The summed E-state index contributed by atoms with van der Waals surface area (Å²) in [7, 11) is 0. The molecule has 132 valence electrons. The number of benzene rings is 3. The zero-order chi connectivity index (χ0) is 18.7. The predicted octanol–water partition coefficient (Wildman–Crippen LogP) is 5.88. The first-order valence-electron chi connectivity index (χ1n) is 7.74. The van der Waals surface area contributed by atoms with Crippen molar-refractivity contribution >= 4 is 68.4 Å². The van der Waals surface area contributed by atoms with Crippen molar-refractivity contribution in [3.05, 3.63) is 95.6 Å². The molecule has 0 aromatic heterocycles. The Balaban J connectivity index is 1.96. The van der Waals surface area contributed by atoms with Crippen LogP contribution in [0.1, 0.15) is 27.6 Å². The maximum Gasteiger partial charge on any atom is 0.256 e. The molecule has 3 nitrogen and oxygen atoms in total. The van der Waals surface area contributed by atoms with Gasteiger partial charge in [0.1, 0.15) is 6.10 Å². The third kappa shape index (κ3) is 4.57. The van der Waals surface area contributed by atoms with E-state index >= 15 is 0 Å². The molecule has 0 spiro atoms. The molecule has 0 aliphatic rings. The molecule has 0 aliphatic carbocycles. The van der Waals surface area contributed by atoms with Gasteiger partial charge in [-0.15, -0.1) is 0 Å². The highest BCUT2D eigenvalue weighted by molar-refractivity contribution is 14.1. The lowest BCUT2D eigenvalue weighted by atomic mass is 9.99. The molecule has 0 heterocycles. The summed E-state index contributed by atoms with van der Waals surface area (Å²) in [6.45, 7) is 0. The zero-order valence-corrected chi connectivity index (χ0v) is 18.5. The maximum absolute atomic E-state index is 12.7. The Kier molecular flexibility index (Phi) is 6.55. The third-order valence-electron chi connectivity index (χ3n) is 3.84. The van der Waals surface area contributed by atoms with Crippen LogP contribution in [0.3, 0.4) is 0 Å². The molecule has 3 rings (SSSR count). The van der Waals surface area contributed by atoms with Crippen molar-refractivity contribution in [2.24, 2.45) is 0 Å². The van der Waals surface area contributed by atoms with Gasteiger partial charge in [0.05, 0.1) is 5.56 Å². The van der Waals surface area contributed by atoms with Crippen LogP contribution in [0.25, 0.3) is 0 Å². The van der Waals surface area contributed by atoms with Crippen molar-refractivity contribution < 1.29 is 9.90 Å². The van der Waals surface area contributed by atoms with Gasteiger partial charge in [0.15, 0.2) is 0 Å². The van der Waals surface area contributed by atoms with Gasteiger partial charge in [-0.2, -0.15) is 0 Å². The molecule has 2 N–H and O–H groups in total. The van der Waals surface area contributed by atoms with Crippen molar-refractivity contribution in [3.8, 4) is 0 Å². The Morgan fingerprint density at radius 2 is 1.73 bits per heavy atom. The predicted molar refractivity (Wildman–Crippen MR) is 122 cm³/mol. The Morgan fingerprint density at radius 1 is 1.00 bits per heavy atom. The van der Waals surface area contributed by atoms with Gasteiger partial charge in [0.25, 0.3) is 5.91 Å². The summed E-state index contributed by atoms with van der Waals surface area (Å²) in [6, 6.07) is 20.0. The molecule has 0 bridgehead atoms. The largest absolute Gasteiger partial charge is 0.384 e. The number of carbonyl (C=O) groups is 1. The van der Waals surface area contributed by atoms with Crippen LogP contribution in [0.15, 0.2) is 66.7 Å². The summed E-state index contributed by atoms with van der Waals surface area (Å²) >= 11 is 10.4. The number of nitrogens with one attached hydrogen (secondary N) is 1. The average molecular weight is 590 g/mol. The second kappa shape index (κ2) is 8.69. The summed E-state index contributed by atoms with van der Waals surface area (Å²) in [4.78, 5) is 12.7. The Bertz CT molecular complexity index is 948. The molecule has 0 radical (unpaired) electrons. The number of aliphatic hydroxyl groups excluding tert-OH is 1. The van der Waals surface area contributed by atoms with E-state index in [4.69, 9.17) is 11.6 Å². The first-order valence-corrected chi connectivity index (χ1v) is 10.3. The van der Waals surface area contributed by atoms with Crippen LogP contribution in [-0.2, 0) is 0 Å². The number of hydrogen-bond acceptors (Lipinski definition) is 2. The van der Waals surface area contributed by atoms with E-state index in [2.05, 4.69) is 50.5 Å². The first-order chi connectivity index (χ1) is 12.5. The van der Waals surface area contributed by atoms with Crippen LogP contribution in [0.2, 0.25) is 5.02 Å². The summed E-state index contributed by atoms with van der Waals surface area (Å²) in [5.74, 6) is -0.225. The number of aliphatic hydroxyl groups is 1. The van der Waals surface area contributed by atoms with E-state index in [1.807, 2.05) is 48.5 Å². The highest BCUT2D eigenvalue weighted by Crippen LogP contribution is 2.31. The van der Waals surface area contributed by atoms with Crippen molar-refractivity contribution in [2.75, 3.05) is 5.32 Å². The number of halogens is 3. The minimum Gasteiger partial charge on any atom is -0.384 e. The Morgan fingerprint density at radius 3 is 2.46 bits per heavy atom. The van der Waals surface area contributed by atoms with E-state index in [-0.39, 0.29) is 5.91 Å². The van der Waals surface area contributed by atoms with Crippen LogP contribution in [0.4, 0.5) is 5.69 Å². The normalized spacial score (nSPS) is 11.8. The number of amides is 1. The minimum atomic E-state index is -0.889. The quantitative estimate of drug-likeness (QED) is 0.374. The lowest BCUT2D eigenvalue weighted by Gasteiger charge is -2.17. The van der Waals surface area contributed by atoms with Gasteiger partial charge in [-0.05, 0) is 87.1 Å². The highest BCUT2D eigenvalue weighted by Gasteiger charge is 2.18. The molecule has 6 heteroatoms. The van der Waals surface area contributed by atoms with Crippen LogP contribution >= 0.6 is 56.8 Å². The molecule has 3 aromatic carbocycles. The molecule has 26 heavy (non-hydrogen) atoms. The molecule has 3 aromatic rings. The van der Waals surface area contributed by atoms with E-state index < -0.39 is 6.10 Å². The SMILES string of the molecule is O=C(Nc1ccc(Cl)cc1[C@@H](O)c1ccccc1)c1cc(I)ccc1I. The van der Waals surface area contributed by atoms with Crippen molar-refractivity contribution in [2.45, 2.75) is 6.10 Å². The molecule has 0 aliphatic heterocycles. The van der Waals surface area contributed by atoms with Gasteiger partial charge >= 0.3 is 0 Å². The summed E-state index contributed by atoms with van der Waals surface area (Å²) in [6.07, 6.45) is -0.889. The average Bonchev–Trinajstić information content (AvgIpc) is 2.65. The lowest BCUT2D eigenvalue weighted by molar-refractivity contribution is 0.102. The van der Waals surface area contributed by atoms with Crippen molar-refractivity contribution in [1.29, 1.82) is 0 Å². The maximum atomic E-state index is 12.7. The Hall–Kier alpha value is -1.16. The van der Waals surface area contributed by atoms with Crippen LogP contribution in [0.5, 0.6) is 0 Å². The first kappa shape index (κ1) is 19.6. The summed E-state index contributed by atoms with van der Waals surface area (Å²) < 4.78 is 1.84. The number of rotatable bonds is 4. The van der Waals surface area contributed by atoms with Gasteiger partial charge in [-0.1, -0.05) is 41.9 Å². The number of carbonyl (C=O) groups excluding carboxylic acids is 1. The summed E-state index contributed by atoms with van der Waals surface area (Å²) in [5.41, 5.74) is 2.41. The zero-order valence-electron chi connectivity index (χ0n) is 13.4. The van der Waals surface area contributed by atoms with E-state index in [1.165, 1.54) is 0 Å². The summed E-state index contributed by atoms with van der Waals surface area (Å²) in [5, 5.41) is 14.2. The molecule has 0 saturated carbocycles. The molecule has 1 atom stereocenters. The van der Waals surface area contributed by atoms with E-state index in [0.29, 0.717) is 21.8 Å². The molecule has 0 unspecified atom stereocenters. The van der Waals surface area contributed by atoms with E-state index in [9.17, 15) is 9.90 Å². The van der Waals surface area contributed by atoms with Crippen LogP contribution in [0, 0.1) is 7.14 Å². The second-order valence-corrected chi connectivity index (χ2v) is 8.47. The smallest absolute Gasteiger partial charge is 0.256 e. The van der Waals surface area contributed by atoms with Crippen LogP contribution < -0.4 is 5.32 Å². The fourth-order valence-corrected chi connectivity index (χ4v) is 3.80. The minimum absolute atomic E-state index is 0.225. The highest BCUT2D eigenvalue weighted by atomic mass is 127. The fourth-order valence-electron chi connectivity index (χ4n) is 2.55. The standard InChI is InChI=1S/C20H14ClI2NO2/c21-13-6-9-18(16(10-13)19(25)12-4-2-1-3-5-12)24-20(26)15-11-14(22)7-8-17(15)23/h1-11,19,25H,(H,24,26)/t19-/m0/s1. The molecule has 0 fully saturated rings. The van der Waals surface area contributed by atoms with Crippen molar-refractivity contribution in [3.63, 3.8) is 0 Å². The molecule has 1 amide bonds. The lowest BCUT2D eigenvalue weighted by Crippen LogP contribution is -2.16. The van der Waals surface area contributed by atoms with E-state index in [0.717, 1.165) is 12.7 Å². The number of hydrogen-bond donors (Lipinski definition) is 2. The van der Waals surface area contributed by atoms with Gasteiger partial charge in [-0.3, -0.25) is 4.79 Å². The molecule has 0 saturated heterocycles. The second-order valence-electron chi connectivity index (χ2n) is 5.62. The molecular formula is C20H14ClI2NO2. The molecular weight excluding hydrogens is 575 g/mol. The van der Waals surface area contributed by atoms with E-state index in [1.54, 1.807) is 18.2 Å². The van der Waals surface area contributed by atoms with Gasteiger partial charge < -0.3 is 10.4 Å². The van der Waals surface area contributed by atoms with Crippen molar-refractivity contribution in [1.82, 2.24) is 0 Å². The van der Waals surface area contributed by atoms with Gasteiger partial charge in [-0.25, -0.2) is 0 Å². The Labute approximate surface area is 184 Å². The van der Waals surface area contributed by atoms with Crippen LogP contribution in [-0.4, -0.2) is 11.0 Å². The fraction of sp³-hybridized carbons (Fsp3) is 0.0500. The monoisotopic (exact) mass is 589 g/mol. The van der Waals surface area contributed by atoms with Gasteiger partial charge in [0, 0.05) is 23.4 Å². The third-order valence-corrected chi connectivity index (χ3v) is 5.69.